The van der Waals surface area contributed by atoms with Gasteiger partial charge in [0.15, 0.2) is 13.1 Å². The molecule has 3 heteroatoms. The minimum Gasteiger partial charge on any atom is -0.121 e. The zero-order valence-electron chi connectivity index (χ0n) is 8.92. The summed E-state index contributed by atoms with van der Waals surface area (Å²) in [5, 5.41) is 0. The Hall–Kier alpha value is -0.860. The molecule has 0 aliphatic carbocycles. The fourth-order valence-corrected chi connectivity index (χ4v) is 1.73. The van der Waals surface area contributed by atoms with Crippen molar-refractivity contribution in [1.29, 1.82) is 0 Å². The summed E-state index contributed by atoms with van der Waals surface area (Å²) >= 11 is 0. The summed E-state index contributed by atoms with van der Waals surface area (Å²) < 4.78 is 6.66. The van der Waals surface area contributed by atoms with Crippen LogP contribution in [0.2, 0.25) is 0 Å². The highest BCUT2D eigenvalue weighted by Gasteiger charge is 2.29. The van der Waals surface area contributed by atoms with E-state index in [-0.39, 0.29) is 0 Å². The molecule has 68 valence electrons. The van der Waals surface area contributed by atoms with Crippen molar-refractivity contribution in [2.45, 2.75) is 33.7 Å². The van der Waals surface area contributed by atoms with Crippen molar-refractivity contribution in [3.63, 3.8) is 0 Å². The number of aromatic nitrogens is 3. The van der Waals surface area contributed by atoms with E-state index >= 15 is 0 Å². The van der Waals surface area contributed by atoms with Crippen molar-refractivity contribution in [3.8, 4) is 0 Å². The van der Waals surface area contributed by atoms with Gasteiger partial charge in [-0.2, -0.15) is 0 Å². The van der Waals surface area contributed by atoms with Gasteiger partial charge in [0.1, 0.15) is 0 Å². The van der Waals surface area contributed by atoms with Crippen LogP contribution in [0.5, 0.6) is 0 Å². The molecule has 0 radical (unpaired) electrons. The van der Waals surface area contributed by atoms with Crippen molar-refractivity contribution < 1.29 is 9.25 Å². The van der Waals surface area contributed by atoms with Gasteiger partial charge in [-0.3, -0.25) is 0 Å². The van der Waals surface area contributed by atoms with Crippen LogP contribution in [0, 0.1) is 13.8 Å². The van der Waals surface area contributed by atoms with Crippen molar-refractivity contribution >= 4 is 0 Å². The van der Waals surface area contributed by atoms with Crippen molar-refractivity contribution in [3.05, 3.63) is 11.6 Å². The molecule has 1 aromatic heterocycles. The van der Waals surface area contributed by atoms with E-state index in [0.717, 1.165) is 0 Å². The normalized spacial score (nSPS) is 11.2. The third-order valence-electron chi connectivity index (χ3n) is 2.60. The third-order valence-corrected chi connectivity index (χ3v) is 2.60. The van der Waals surface area contributed by atoms with E-state index in [9.17, 15) is 0 Å². The van der Waals surface area contributed by atoms with Crippen molar-refractivity contribution in [2.75, 3.05) is 0 Å². The molecule has 0 fully saturated rings. The Balaban J connectivity index is 3.38. The Morgan fingerprint density at radius 2 is 1.75 bits per heavy atom. The highest BCUT2D eigenvalue weighted by Crippen LogP contribution is 1.96. The predicted octanol–water partition coefficient (Wildman–Crippen LogP) is 0.335. The average molecular weight is 169 g/mol. The van der Waals surface area contributed by atoms with E-state index < -0.39 is 0 Å². The van der Waals surface area contributed by atoms with Crippen LogP contribution in [0.1, 0.15) is 31.5 Å². The highest BCUT2D eigenvalue weighted by atomic mass is 15.5. The summed E-state index contributed by atoms with van der Waals surface area (Å²) in [4.78, 5) is 0. The number of rotatable bonds is 1. The Morgan fingerprint density at radius 1 is 1.25 bits per heavy atom. The SMILES string of the molecule is Cc1n(C)[n+](C)c(C)[n+]1C(C)C. The molecule has 0 N–H and O–H groups in total. The molecule has 12 heavy (non-hydrogen) atoms. The van der Waals surface area contributed by atoms with Crippen LogP contribution < -0.4 is 9.25 Å². The lowest BCUT2D eigenvalue weighted by Gasteiger charge is -1.94. The second-order valence-electron chi connectivity index (χ2n) is 3.61. The predicted molar refractivity (Wildman–Crippen MR) is 46.6 cm³/mol. The maximum Gasteiger partial charge on any atom is 0.439 e. The highest BCUT2D eigenvalue weighted by molar-refractivity contribution is 4.67. The molecule has 0 atom stereocenters. The molecule has 0 aliphatic rings. The standard InChI is InChI=1S/C9H19N3/c1-7(2)12-8(3)10(5)11(6)9(12)4/h7H,1-6H3/q+2. The van der Waals surface area contributed by atoms with Crippen molar-refractivity contribution in [2.24, 2.45) is 14.1 Å². The van der Waals surface area contributed by atoms with Crippen LogP contribution in [-0.2, 0) is 14.1 Å². The Bertz CT molecular complexity index is 272. The Morgan fingerprint density at radius 3 is 1.92 bits per heavy atom. The Labute approximate surface area is 74.2 Å². The van der Waals surface area contributed by atoms with E-state index in [1.165, 1.54) is 11.6 Å². The Kier molecular flexibility index (Phi) is 2.22. The van der Waals surface area contributed by atoms with E-state index in [1.54, 1.807) is 0 Å². The van der Waals surface area contributed by atoms with Gasteiger partial charge in [-0.1, -0.05) is 9.36 Å². The molecular formula is C9H19N3+2. The number of nitrogens with zero attached hydrogens (tertiary/aromatic N) is 3. The van der Waals surface area contributed by atoms with Gasteiger partial charge in [0.25, 0.3) is 0 Å². The van der Waals surface area contributed by atoms with E-state index in [1.807, 2.05) is 0 Å². The molecule has 0 bridgehead atoms. The third kappa shape index (κ3) is 1.13. The summed E-state index contributed by atoms with van der Waals surface area (Å²) in [5.41, 5.74) is 0. The first kappa shape index (κ1) is 9.23. The monoisotopic (exact) mass is 169 g/mol. The molecule has 0 aromatic carbocycles. The molecule has 0 amide bonds. The topological polar surface area (TPSA) is 12.7 Å². The summed E-state index contributed by atoms with van der Waals surface area (Å²) in [5.74, 6) is 2.59. The van der Waals surface area contributed by atoms with Gasteiger partial charge < -0.3 is 0 Å². The van der Waals surface area contributed by atoms with Crippen LogP contribution in [0.15, 0.2) is 0 Å². The molecular weight excluding hydrogens is 150 g/mol. The largest absolute Gasteiger partial charge is 0.439 e. The lowest BCUT2D eigenvalue weighted by Crippen LogP contribution is -2.46. The average Bonchev–Trinajstić information content (AvgIpc) is 2.16. The molecule has 0 unspecified atom stereocenters. The second-order valence-corrected chi connectivity index (χ2v) is 3.61. The first-order valence-corrected chi connectivity index (χ1v) is 4.40. The molecule has 1 rings (SSSR count). The number of hydrogen-bond acceptors (Lipinski definition) is 0. The van der Waals surface area contributed by atoms with Gasteiger partial charge in [-0.15, -0.1) is 4.57 Å². The first-order chi connectivity index (χ1) is 5.46. The van der Waals surface area contributed by atoms with Crippen LogP contribution in [0.3, 0.4) is 0 Å². The molecule has 0 saturated carbocycles. The van der Waals surface area contributed by atoms with E-state index in [2.05, 4.69) is 55.7 Å². The summed E-state index contributed by atoms with van der Waals surface area (Å²) in [6, 6.07) is 0.539. The fraction of sp³-hybridized carbons (Fsp3) is 0.778. The fourth-order valence-electron chi connectivity index (χ4n) is 1.73. The molecule has 0 saturated heterocycles. The van der Waals surface area contributed by atoms with Crippen molar-refractivity contribution in [1.82, 2.24) is 4.68 Å². The van der Waals surface area contributed by atoms with E-state index in [0.29, 0.717) is 6.04 Å². The minimum absolute atomic E-state index is 0.539. The smallest absolute Gasteiger partial charge is 0.121 e. The van der Waals surface area contributed by atoms with Crippen LogP contribution >= 0.6 is 0 Å². The van der Waals surface area contributed by atoms with Gasteiger partial charge >= 0.3 is 11.6 Å². The molecule has 1 aromatic rings. The van der Waals surface area contributed by atoms with Gasteiger partial charge in [0.2, 0.25) is 0 Å². The molecule has 3 nitrogen and oxygen atoms in total. The molecule has 0 aliphatic heterocycles. The van der Waals surface area contributed by atoms with E-state index in [4.69, 9.17) is 0 Å². The summed E-state index contributed by atoms with van der Waals surface area (Å²) in [6.45, 7) is 8.71. The van der Waals surface area contributed by atoms with Gasteiger partial charge in [-0.05, 0) is 13.8 Å². The number of hydrogen-bond donors (Lipinski definition) is 0. The van der Waals surface area contributed by atoms with Crippen LogP contribution in [0.4, 0.5) is 0 Å². The van der Waals surface area contributed by atoms with Crippen LogP contribution in [0.25, 0.3) is 0 Å². The lowest BCUT2D eigenvalue weighted by atomic mass is 10.3. The van der Waals surface area contributed by atoms with Gasteiger partial charge in [0.05, 0.1) is 14.0 Å². The zero-order valence-corrected chi connectivity index (χ0v) is 8.92. The lowest BCUT2D eigenvalue weighted by molar-refractivity contribution is -0.829. The second kappa shape index (κ2) is 2.88. The summed E-state index contributed by atoms with van der Waals surface area (Å²) in [6.07, 6.45) is 0. The van der Waals surface area contributed by atoms with Gasteiger partial charge in [-0.25, -0.2) is 0 Å². The minimum atomic E-state index is 0.539. The quantitative estimate of drug-likeness (QED) is 0.538. The summed E-state index contributed by atoms with van der Waals surface area (Å²) in [7, 11) is 4.17. The zero-order chi connectivity index (χ0) is 9.46. The molecule has 0 spiro atoms. The van der Waals surface area contributed by atoms with Crippen LogP contribution in [-0.4, -0.2) is 4.68 Å². The molecule has 1 heterocycles. The maximum atomic E-state index is 2.33. The maximum absolute atomic E-state index is 2.33. The van der Waals surface area contributed by atoms with Gasteiger partial charge in [0, 0.05) is 6.92 Å². The first-order valence-electron chi connectivity index (χ1n) is 4.40.